The molecular formula is C9H13NO2. The number of hydrogen-bond donors (Lipinski definition) is 1. The highest BCUT2D eigenvalue weighted by atomic mass is 16.1. The van der Waals surface area contributed by atoms with Gasteiger partial charge in [-0.25, -0.2) is 0 Å². The van der Waals surface area contributed by atoms with E-state index in [9.17, 15) is 9.59 Å². The van der Waals surface area contributed by atoms with Gasteiger partial charge in [0.1, 0.15) is 6.29 Å². The third kappa shape index (κ3) is 5.48. The summed E-state index contributed by atoms with van der Waals surface area (Å²) in [5.74, 6) is 2.32. The van der Waals surface area contributed by atoms with Crippen molar-refractivity contribution in [2.75, 3.05) is 0 Å². The zero-order chi connectivity index (χ0) is 9.40. The van der Waals surface area contributed by atoms with Crippen LogP contribution in [0.1, 0.15) is 26.2 Å². The van der Waals surface area contributed by atoms with Crippen molar-refractivity contribution < 1.29 is 9.59 Å². The molecule has 1 unspecified atom stereocenters. The van der Waals surface area contributed by atoms with Crippen LogP contribution in [0.25, 0.3) is 0 Å². The molecule has 3 nitrogen and oxygen atoms in total. The van der Waals surface area contributed by atoms with Gasteiger partial charge in [-0.1, -0.05) is 0 Å². The Morgan fingerprint density at radius 1 is 1.75 bits per heavy atom. The Kier molecular flexibility index (Phi) is 5.72. The minimum absolute atomic E-state index is 0.00541. The van der Waals surface area contributed by atoms with Crippen LogP contribution in [0.15, 0.2) is 0 Å². The topological polar surface area (TPSA) is 46.2 Å². The maximum atomic E-state index is 10.9. The van der Waals surface area contributed by atoms with E-state index in [4.69, 9.17) is 6.42 Å². The second-order valence-electron chi connectivity index (χ2n) is 2.58. The first kappa shape index (κ1) is 10.7. The monoisotopic (exact) mass is 167 g/mol. The molecule has 1 atom stereocenters. The highest BCUT2D eigenvalue weighted by Crippen LogP contribution is 1.91. The second-order valence-corrected chi connectivity index (χ2v) is 2.58. The molecule has 0 aromatic rings. The number of nitrogens with one attached hydrogen (secondary N) is 1. The Labute approximate surface area is 72.5 Å². The van der Waals surface area contributed by atoms with Crippen LogP contribution in [0.3, 0.4) is 0 Å². The van der Waals surface area contributed by atoms with E-state index in [1.165, 1.54) is 0 Å². The van der Waals surface area contributed by atoms with Crippen molar-refractivity contribution in [1.29, 1.82) is 0 Å². The van der Waals surface area contributed by atoms with Crippen LogP contribution < -0.4 is 5.32 Å². The number of carbonyl (C=O) groups excluding carboxylic acids is 2. The van der Waals surface area contributed by atoms with Crippen molar-refractivity contribution in [3.63, 3.8) is 0 Å². The summed E-state index contributed by atoms with van der Waals surface area (Å²) in [6.07, 6.45) is 6.82. The van der Waals surface area contributed by atoms with E-state index in [-0.39, 0.29) is 24.8 Å². The molecule has 12 heavy (non-hydrogen) atoms. The van der Waals surface area contributed by atoms with Gasteiger partial charge in [0.25, 0.3) is 0 Å². The Morgan fingerprint density at radius 2 is 2.42 bits per heavy atom. The summed E-state index contributed by atoms with van der Waals surface area (Å²) in [7, 11) is 0. The lowest BCUT2D eigenvalue weighted by Crippen LogP contribution is -2.31. The normalized spacial score (nSPS) is 11.3. The fourth-order valence-electron chi connectivity index (χ4n) is 0.765. The minimum Gasteiger partial charge on any atom is -0.353 e. The van der Waals surface area contributed by atoms with Gasteiger partial charge >= 0.3 is 0 Å². The van der Waals surface area contributed by atoms with Crippen molar-refractivity contribution in [1.82, 2.24) is 5.32 Å². The quantitative estimate of drug-likeness (QED) is 0.478. The maximum absolute atomic E-state index is 10.9. The number of terminal acetylenes is 1. The van der Waals surface area contributed by atoms with Crippen LogP contribution in [0.2, 0.25) is 0 Å². The smallest absolute Gasteiger partial charge is 0.220 e. The standard InChI is InChI=1S/C9H13NO2/c1-3-5-8(2)10-9(12)6-4-7-11/h1,7-8H,4-6H2,2H3,(H,10,12). The molecule has 66 valence electrons. The van der Waals surface area contributed by atoms with E-state index in [1.807, 2.05) is 6.92 Å². The molecule has 3 heteroatoms. The van der Waals surface area contributed by atoms with E-state index in [2.05, 4.69) is 11.2 Å². The molecule has 0 rings (SSSR count). The van der Waals surface area contributed by atoms with Crippen LogP contribution in [-0.2, 0) is 9.59 Å². The van der Waals surface area contributed by atoms with E-state index in [0.717, 1.165) is 6.29 Å². The third-order valence-electron chi connectivity index (χ3n) is 1.32. The number of aldehydes is 1. The highest BCUT2D eigenvalue weighted by Gasteiger charge is 2.04. The predicted molar refractivity (Wildman–Crippen MR) is 46.4 cm³/mol. The molecule has 1 N–H and O–H groups in total. The predicted octanol–water partition coefficient (Wildman–Crippen LogP) is 0.493. The molecule has 0 heterocycles. The molecule has 0 aliphatic rings. The summed E-state index contributed by atoms with van der Waals surface area (Å²) >= 11 is 0. The number of hydrogen-bond acceptors (Lipinski definition) is 2. The molecule has 0 fully saturated rings. The number of amides is 1. The first-order chi connectivity index (χ1) is 5.70. The largest absolute Gasteiger partial charge is 0.353 e. The molecule has 0 saturated heterocycles. The van der Waals surface area contributed by atoms with Gasteiger partial charge in [0.05, 0.1) is 0 Å². The average molecular weight is 167 g/mol. The fourth-order valence-corrected chi connectivity index (χ4v) is 0.765. The first-order valence-electron chi connectivity index (χ1n) is 3.87. The van der Waals surface area contributed by atoms with Crippen molar-refractivity contribution in [3.8, 4) is 12.3 Å². The van der Waals surface area contributed by atoms with E-state index in [0.29, 0.717) is 6.42 Å². The van der Waals surface area contributed by atoms with Crippen LogP contribution in [-0.4, -0.2) is 18.2 Å². The van der Waals surface area contributed by atoms with Gasteiger partial charge in [-0.05, 0) is 6.92 Å². The van der Waals surface area contributed by atoms with Gasteiger partial charge in [-0.3, -0.25) is 4.79 Å². The van der Waals surface area contributed by atoms with Crippen LogP contribution >= 0.6 is 0 Å². The first-order valence-corrected chi connectivity index (χ1v) is 3.87. The molecule has 0 bridgehead atoms. The Bertz CT molecular complexity index is 193. The van der Waals surface area contributed by atoms with E-state index < -0.39 is 0 Å². The molecule has 0 radical (unpaired) electrons. The zero-order valence-corrected chi connectivity index (χ0v) is 7.17. The van der Waals surface area contributed by atoms with Gasteiger partial charge in [-0.15, -0.1) is 12.3 Å². The van der Waals surface area contributed by atoms with Crippen molar-refractivity contribution in [2.24, 2.45) is 0 Å². The summed E-state index contributed by atoms with van der Waals surface area (Å²) in [5, 5.41) is 2.68. The lowest BCUT2D eigenvalue weighted by atomic mass is 10.2. The summed E-state index contributed by atoms with van der Waals surface area (Å²) in [6.45, 7) is 1.83. The molecule has 0 aliphatic heterocycles. The van der Waals surface area contributed by atoms with Gasteiger partial charge in [-0.2, -0.15) is 0 Å². The molecule has 0 aliphatic carbocycles. The van der Waals surface area contributed by atoms with Crippen LogP contribution in [0, 0.1) is 12.3 Å². The Balaban J connectivity index is 3.55. The zero-order valence-electron chi connectivity index (χ0n) is 7.17. The minimum atomic E-state index is -0.121. The van der Waals surface area contributed by atoms with E-state index >= 15 is 0 Å². The summed E-state index contributed by atoms with van der Waals surface area (Å²) in [4.78, 5) is 20.9. The number of rotatable bonds is 5. The molecular weight excluding hydrogens is 154 g/mol. The summed E-state index contributed by atoms with van der Waals surface area (Å²) in [5.41, 5.74) is 0. The van der Waals surface area contributed by atoms with Crippen LogP contribution in [0.5, 0.6) is 0 Å². The van der Waals surface area contributed by atoms with Crippen molar-refractivity contribution in [2.45, 2.75) is 32.2 Å². The summed E-state index contributed by atoms with van der Waals surface area (Å²) < 4.78 is 0. The molecule has 1 amide bonds. The molecule has 0 aromatic heterocycles. The number of carbonyl (C=O) groups is 2. The van der Waals surface area contributed by atoms with Crippen molar-refractivity contribution in [3.05, 3.63) is 0 Å². The average Bonchev–Trinajstić information content (AvgIpc) is 2.01. The second kappa shape index (κ2) is 6.41. The van der Waals surface area contributed by atoms with Crippen LogP contribution in [0.4, 0.5) is 0 Å². The maximum Gasteiger partial charge on any atom is 0.220 e. The third-order valence-corrected chi connectivity index (χ3v) is 1.32. The van der Waals surface area contributed by atoms with Gasteiger partial charge in [0, 0.05) is 25.3 Å². The van der Waals surface area contributed by atoms with E-state index in [1.54, 1.807) is 0 Å². The lowest BCUT2D eigenvalue weighted by Gasteiger charge is -2.09. The summed E-state index contributed by atoms with van der Waals surface area (Å²) in [6, 6.07) is -0.00541. The van der Waals surface area contributed by atoms with Crippen molar-refractivity contribution >= 4 is 12.2 Å². The SMILES string of the molecule is C#CCC(C)NC(=O)CCC=O. The Hall–Kier alpha value is -1.30. The molecule has 0 aromatic carbocycles. The van der Waals surface area contributed by atoms with Gasteiger partial charge < -0.3 is 10.1 Å². The molecule has 0 saturated carbocycles. The Morgan fingerprint density at radius 3 is 2.92 bits per heavy atom. The lowest BCUT2D eigenvalue weighted by molar-refractivity contribution is -0.123. The van der Waals surface area contributed by atoms with Gasteiger partial charge in [0.2, 0.25) is 5.91 Å². The molecule has 0 spiro atoms. The fraction of sp³-hybridized carbons (Fsp3) is 0.556. The highest BCUT2D eigenvalue weighted by molar-refractivity contribution is 5.78. The van der Waals surface area contributed by atoms with Gasteiger partial charge in [0.15, 0.2) is 0 Å².